The molecule has 0 aliphatic rings. The fourth-order valence-electron chi connectivity index (χ4n) is 2.11. The van der Waals surface area contributed by atoms with Crippen molar-refractivity contribution in [3.8, 4) is 17.6 Å². The Morgan fingerprint density at radius 1 is 1.28 bits per heavy atom. The molecule has 1 amide bonds. The molecule has 0 atom stereocenters. The van der Waals surface area contributed by atoms with E-state index in [4.69, 9.17) is 9.47 Å². The second-order valence-electron chi connectivity index (χ2n) is 4.95. The van der Waals surface area contributed by atoms with Gasteiger partial charge in [-0.25, -0.2) is 0 Å². The molecular formula is C19H17BrN2O3. The van der Waals surface area contributed by atoms with Crippen molar-refractivity contribution in [1.82, 2.24) is 0 Å². The minimum absolute atomic E-state index is 0.0165. The summed E-state index contributed by atoms with van der Waals surface area (Å²) in [5.74, 6) is 0.632. The van der Waals surface area contributed by atoms with Crippen LogP contribution in [0.15, 0.2) is 52.5 Å². The maximum absolute atomic E-state index is 12.3. The molecule has 0 fully saturated rings. The number of methoxy groups -OCH3 is 1. The molecule has 0 radical (unpaired) electrons. The lowest BCUT2D eigenvalue weighted by Gasteiger charge is -2.12. The minimum atomic E-state index is -0.477. The number of benzene rings is 2. The van der Waals surface area contributed by atoms with Crippen LogP contribution in [0.2, 0.25) is 0 Å². The number of nitrogens with one attached hydrogen (secondary N) is 1. The van der Waals surface area contributed by atoms with Crippen LogP contribution in [-0.2, 0) is 4.79 Å². The summed E-state index contributed by atoms with van der Waals surface area (Å²) in [7, 11) is 1.55. The van der Waals surface area contributed by atoms with E-state index in [1.807, 2.05) is 19.1 Å². The number of rotatable bonds is 6. The predicted molar refractivity (Wildman–Crippen MR) is 101 cm³/mol. The SMILES string of the molecule is CCOc1cc(/C=C(/C#N)C(=O)Nc2ccccc2)c(Br)cc1OC. The van der Waals surface area contributed by atoms with Crippen LogP contribution in [0.3, 0.4) is 0 Å². The molecule has 2 aromatic rings. The van der Waals surface area contributed by atoms with E-state index in [9.17, 15) is 10.1 Å². The lowest BCUT2D eigenvalue weighted by atomic mass is 10.1. The fraction of sp³-hybridized carbons (Fsp3) is 0.158. The van der Waals surface area contributed by atoms with E-state index >= 15 is 0 Å². The van der Waals surface area contributed by atoms with Crippen LogP contribution < -0.4 is 14.8 Å². The average molecular weight is 401 g/mol. The summed E-state index contributed by atoms with van der Waals surface area (Å²) in [5.41, 5.74) is 1.25. The molecule has 25 heavy (non-hydrogen) atoms. The van der Waals surface area contributed by atoms with Crippen molar-refractivity contribution in [1.29, 1.82) is 5.26 Å². The van der Waals surface area contributed by atoms with Gasteiger partial charge in [0.2, 0.25) is 0 Å². The third-order valence-corrected chi connectivity index (χ3v) is 3.97. The number of para-hydroxylation sites is 1. The summed E-state index contributed by atoms with van der Waals surface area (Å²) >= 11 is 3.43. The van der Waals surface area contributed by atoms with Crippen LogP contribution in [-0.4, -0.2) is 19.6 Å². The number of nitrogens with zero attached hydrogens (tertiary/aromatic N) is 1. The van der Waals surface area contributed by atoms with Gasteiger partial charge in [0.1, 0.15) is 11.6 Å². The highest BCUT2D eigenvalue weighted by atomic mass is 79.9. The van der Waals surface area contributed by atoms with Gasteiger partial charge in [0.15, 0.2) is 11.5 Å². The summed E-state index contributed by atoms with van der Waals surface area (Å²) in [6.07, 6.45) is 1.50. The Balaban J connectivity index is 2.34. The van der Waals surface area contributed by atoms with Gasteiger partial charge < -0.3 is 14.8 Å². The first-order chi connectivity index (χ1) is 12.1. The molecule has 0 saturated carbocycles. The Morgan fingerprint density at radius 2 is 2.00 bits per heavy atom. The van der Waals surface area contributed by atoms with E-state index in [2.05, 4.69) is 21.2 Å². The normalized spacial score (nSPS) is 10.7. The Bertz CT molecular complexity index is 827. The molecule has 0 bridgehead atoms. The second-order valence-corrected chi connectivity index (χ2v) is 5.80. The van der Waals surface area contributed by atoms with Crippen molar-refractivity contribution >= 4 is 33.6 Å². The maximum atomic E-state index is 12.3. The number of amides is 1. The zero-order valence-corrected chi connectivity index (χ0v) is 15.5. The number of nitriles is 1. The van der Waals surface area contributed by atoms with Crippen LogP contribution in [0.4, 0.5) is 5.69 Å². The van der Waals surface area contributed by atoms with Crippen molar-refractivity contribution in [3.63, 3.8) is 0 Å². The summed E-state index contributed by atoms with van der Waals surface area (Å²) in [4.78, 5) is 12.3. The molecule has 2 aromatic carbocycles. The Labute approximate surface area is 155 Å². The molecule has 0 aliphatic heterocycles. The van der Waals surface area contributed by atoms with E-state index in [-0.39, 0.29) is 5.57 Å². The molecule has 2 rings (SSSR count). The number of carbonyl (C=O) groups is 1. The lowest BCUT2D eigenvalue weighted by Crippen LogP contribution is -2.13. The summed E-state index contributed by atoms with van der Waals surface area (Å²) in [6, 6.07) is 14.4. The highest BCUT2D eigenvalue weighted by molar-refractivity contribution is 9.10. The Morgan fingerprint density at radius 3 is 2.60 bits per heavy atom. The molecule has 0 aromatic heterocycles. The number of anilines is 1. The molecule has 0 aliphatic carbocycles. The quantitative estimate of drug-likeness (QED) is 0.575. The van der Waals surface area contributed by atoms with Crippen LogP contribution >= 0.6 is 15.9 Å². The molecule has 6 heteroatoms. The molecule has 0 spiro atoms. The van der Waals surface area contributed by atoms with E-state index in [1.54, 1.807) is 43.5 Å². The predicted octanol–water partition coefficient (Wildman–Crippen LogP) is 4.40. The average Bonchev–Trinajstić information content (AvgIpc) is 2.62. The molecule has 5 nitrogen and oxygen atoms in total. The zero-order valence-electron chi connectivity index (χ0n) is 13.9. The van der Waals surface area contributed by atoms with Crippen molar-refractivity contribution in [2.45, 2.75) is 6.92 Å². The van der Waals surface area contributed by atoms with Crippen molar-refractivity contribution in [2.24, 2.45) is 0 Å². The molecule has 128 valence electrons. The van der Waals surface area contributed by atoms with E-state index in [1.165, 1.54) is 6.08 Å². The van der Waals surface area contributed by atoms with Crippen molar-refractivity contribution in [3.05, 3.63) is 58.1 Å². The van der Waals surface area contributed by atoms with Crippen molar-refractivity contribution < 1.29 is 14.3 Å². The highest BCUT2D eigenvalue weighted by Crippen LogP contribution is 2.34. The van der Waals surface area contributed by atoms with Gasteiger partial charge in [0, 0.05) is 10.2 Å². The number of ether oxygens (including phenoxy) is 2. The number of halogens is 1. The summed E-state index contributed by atoms with van der Waals surface area (Å²) < 4.78 is 11.5. The van der Waals surface area contributed by atoms with Gasteiger partial charge >= 0.3 is 0 Å². The molecule has 1 N–H and O–H groups in total. The van der Waals surface area contributed by atoms with Gasteiger partial charge in [-0.3, -0.25) is 4.79 Å². The smallest absolute Gasteiger partial charge is 0.266 e. The van der Waals surface area contributed by atoms with Gasteiger partial charge in [-0.1, -0.05) is 34.1 Å². The van der Waals surface area contributed by atoms with Gasteiger partial charge in [0.25, 0.3) is 5.91 Å². The largest absolute Gasteiger partial charge is 0.493 e. The number of hydrogen-bond acceptors (Lipinski definition) is 4. The molecular weight excluding hydrogens is 384 g/mol. The highest BCUT2D eigenvalue weighted by Gasteiger charge is 2.13. The van der Waals surface area contributed by atoms with Gasteiger partial charge in [-0.05, 0) is 42.8 Å². The van der Waals surface area contributed by atoms with Crippen LogP contribution in [0, 0.1) is 11.3 Å². The lowest BCUT2D eigenvalue weighted by molar-refractivity contribution is -0.112. The zero-order chi connectivity index (χ0) is 18.2. The molecule has 0 heterocycles. The topological polar surface area (TPSA) is 71.3 Å². The number of hydrogen-bond donors (Lipinski definition) is 1. The van der Waals surface area contributed by atoms with Crippen molar-refractivity contribution in [2.75, 3.05) is 19.0 Å². The summed E-state index contributed by atoms with van der Waals surface area (Å²) in [6.45, 7) is 2.34. The van der Waals surface area contributed by atoms with E-state index in [0.29, 0.717) is 33.8 Å². The first-order valence-electron chi connectivity index (χ1n) is 7.57. The standard InChI is InChI=1S/C19H17BrN2O3/c1-3-25-18-10-13(16(20)11-17(18)24-2)9-14(12-21)19(23)22-15-7-5-4-6-8-15/h4-11H,3H2,1-2H3,(H,22,23)/b14-9-. The van der Waals surface area contributed by atoms with Crippen LogP contribution in [0.1, 0.15) is 12.5 Å². The van der Waals surface area contributed by atoms with Crippen LogP contribution in [0.5, 0.6) is 11.5 Å². The van der Waals surface area contributed by atoms with Gasteiger partial charge in [-0.15, -0.1) is 0 Å². The molecule has 0 saturated heterocycles. The third-order valence-electron chi connectivity index (χ3n) is 3.28. The Hall–Kier alpha value is -2.78. The monoisotopic (exact) mass is 400 g/mol. The number of carbonyl (C=O) groups excluding carboxylic acids is 1. The van der Waals surface area contributed by atoms with E-state index < -0.39 is 5.91 Å². The third kappa shape index (κ3) is 4.85. The minimum Gasteiger partial charge on any atom is -0.493 e. The van der Waals surface area contributed by atoms with Gasteiger partial charge in [-0.2, -0.15) is 5.26 Å². The summed E-state index contributed by atoms with van der Waals surface area (Å²) in [5, 5.41) is 12.0. The Kier molecular flexibility index (Phi) is 6.61. The first-order valence-corrected chi connectivity index (χ1v) is 8.36. The molecule has 0 unspecified atom stereocenters. The van der Waals surface area contributed by atoms with Crippen LogP contribution in [0.25, 0.3) is 6.08 Å². The fourth-order valence-corrected chi connectivity index (χ4v) is 2.55. The van der Waals surface area contributed by atoms with E-state index in [0.717, 1.165) is 0 Å². The second kappa shape index (κ2) is 8.90. The first kappa shape index (κ1) is 18.6. The maximum Gasteiger partial charge on any atom is 0.266 e. The van der Waals surface area contributed by atoms with Gasteiger partial charge in [0.05, 0.1) is 13.7 Å².